The van der Waals surface area contributed by atoms with Crippen molar-refractivity contribution in [1.82, 2.24) is 5.32 Å². The molecular weight excluding hydrogens is 224 g/mol. The van der Waals surface area contributed by atoms with Crippen LogP contribution in [0, 0.1) is 11.3 Å². The molecular formula is C11H18N2O2S. The summed E-state index contributed by atoms with van der Waals surface area (Å²) in [6.07, 6.45) is 3.67. The van der Waals surface area contributed by atoms with Crippen LogP contribution >= 0.6 is 12.2 Å². The van der Waals surface area contributed by atoms with Crippen LogP contribution in [-0.2, 0) is 9.53 Å². The molecule has 1 amide bonds. The largest absolute Gasteiger partial charge is 0.392 e. The predicted octanol–water partition coefficient (Wildman–Crippen LogP) is 0.595. The summed E-state index contributed by atoms with van der Waals surface area (Å²) in [4.78, 5) is 12.2. The lowest BCUT2D eigenvalue weighted by atomic mass is 9.99. The Morgan fingerprint density at radius 1 is 1.44 bits per heavy atom. The monoisotopic (exact) mass is 242 g/mol. The van der Waals surface area contributed by atoms with Crippen LogP contribution in [0.3, 0.4) is 0 Å². The van der Waals surface area contributed by atoms with Gasteiger partial charge in [0.15, 0.2) is 0 Å². The number of nitrogens with one attached hydrogen (secondary N) is 1. The van der Waals surface area contributed by atoms with Gasteiger partial charge in [-0.3, -0.25) is 4.79 Å². The maximum absolute atomic E-state index is 11.9. The van der Waals surface area contributed by atoms with Crippen molar-refractivity contribution in [3.63, 3.8) is 0 Å². The molecule has 1 saturated carbocycles. The standard InChI is InChI=1S/C11H18N2O2S/c12-9(16)11(3-4-11)10(14)13-7-8-1-5-15-6-2-8/h8H,1-7H2,(H2,12,16)(H,13,14). The Labute approximate surface area is 101 Å². The number of thiocarbonyl (C=S) groups is 1. The third-order valence-electron chi connectivity index (χ3n) is 3.55. The molecule has 2 aliphatic rings. The van der Waals surface area contributed by atoms with Gasteiger partial charge in [0.1, 0.15) is 0 Å². The van der Waals surface area contributed by atoms with E-state index in [2.05, 4.69) is 5.32 Å². The first-order chi connectivity index (χ1) is 7.65. The smallest absolute Gasteiger partial charge is 0.233 e. The lowest BCUT2D eigenvalue weighted by molar-refractivity contribution is -0.124. The van der Waals surface area contributed by atoms with E-state index in [-0.39, 0.29) is 5.91 Å². The number of carbonyl (C=O) groups is 1. The van der Waals surface area contributed by atoms with Crippen LogP contribution in [0.5, 0.6) is 0 Å². The molecule has 0 radical (unpaired) electrons. The van der Waals surface area contributed by atoms with E-state index in [1.54, 1.807) is 0 Å². The second-order valence-electron chi connectivity index (χ2n) is 4.71. The fourth-order valence-corrected chi connectivity index (χ4v) is 2.36. The van der Waals surface area contributed by atoms with E-state index in [4.69, 9.17) is 22.7 Å². The molecule has 0 atom stereocenters. The Hall–Kier alpha value is -0.680. The molecule has 3 N–H and O–H groups in total. The second kappa shape index (κ2) is 4.67. The van der Waals surface area contributed by atoms with Crippen LogP contribution in [0.25, 0.3) is 0 Å². The van der Waals surface area contributed by atoms with E-state index in [0.29, 0.717) is 10.9 Å². The van der Waals surface area contributed by atoms with Gasteiger partial charge in [0.2, 0.25) is 5.91 Å². The molecule has 0 spiro atoms. The van der Waals surface area contributed by atoms with E-state index >= 15 is 0 Å². The van der Waals surface area contributed by atoms with E-state index in [0.717, 1.165) is 45.4 Å². The molecule has 2 rings (SSSR count). The maximum Gasteiger partial charge on any atom is 0.233 e. The van der Waals surface area contributed by atoms with Crippen LogP contribution < -0.4 is 11.1 Å². The zero-order chi connectivity index (χ0) is 11.6. The van der Waals surface area contributed by atoms with Crippen molar-refractivity contribution >= 4 is 23.1 Å². The molecule has 0 unspecified atom stereocenters. The summed E-state index contributed by atoms with van der Waals surface area (Å²) in [5.41, 5.74) is 5.08. The zero-order valence-electron chi connectivity index (χ0n) is 9.33. The first kappa shape index (κ1) is 11.8. The minimum atomic E-state index is -0.513. The van der Waals surface area contributed by atoms with Gasteiger partial charge < -0.3 is 15.8 Å². The Kier molecular flexibility index (Phi) is 3.44. The van der Waals surface area contributed by atoms with Crippen molar-refractivity contribution in [3.05, 3.63) is 0 Å². The second-order valence-corrected chi connectivity index (χ2v) is 5.15. The summed E-state index contributed by atoms with van der Waals surface area (Å²) in [5.74, 6) is 0.561. The van der Waals surface area contributed by atoms with Gasteiger partial charge in [-0.2, -0.15) is 0 Å². The molecule has 16 heavy (non-hydrogen) atoms. The molecule has 1 saturated heterocycles. The Morgan fingerprint density at radius 3 is 2.56 bits per heavy atom. The van der Waals surface area contributed by atoms with Crippen LogP contribution in [-0.4, -0.2) is 30.7 Å². The van der Waals surface area contributed by atoms with Crippen LogP contribution in [0.4, 0.5) is 0 Å². The molecule has 0 aromatic heterocycles. The van der Waals surface area contributed by atoms with Gasteiger partial charge in [0, 0.05) is 19.8 Å². The fraction of sp³-hybridized carbons (Fsp3) is 0.818. The number of amides is 1. The lowest BCUT2D eigenvalue weighted by Crippen LogP contribution is -2.42. The topological polar surface area (TPSA) is 64.4 Å². The van der Waals surface area contributed by atoms with Crippen molar-refractivity contribution in [2.75, 3.05) is 19.8 Å². The first-order valence-electron chi connectivity index (χ1n) is 5.81. The van der Waals surface area contributed by atoms with Crippen LogP contribution in [0.15, 0.2) is 0 Å². The highest BCUT2D eigenvalue weighted by atomic mass is 32.1. The van der Waals surface area contributed by atoms with Gasteiger partial charge in [-0.25, -0.2) is 0 Å². The number of hydrogen-bond acceptors (Lipinski definition) is 3. The average Bonchev–Trinajstić information content (AvgIpc) is 3.08. The third-order valence-corrected chi connectivity index (χ3v) is 3.94. The summed E-state index contributed by atoms with van der Waals surface area (Å²) in [7, 11) is 0. The Bertz CT molecular complexity index is 296. The van der Waals surface area contributed by atoms with Crippen LogP contribution in [0.1, 0.15) is 25.7 Å². The van der Waals surface area contributed by atoms with Gasteiger partial charge >= 0.3 is 0 Å². The number of ether oxygens (including phenoxy) is 1. The van der Waals surface area contributed by atoms with E-state index in [1.165, 1.54) is 0 Å². The number of carbonyl (C=O) groups excluding carboxylic acids is 1. The van der Waals surface area contributed by atoms with Crippen LogP contribution in [0.2, 0.25) is 0 Å². The maximum atomic E-state index is 11.9. The molecule has 90 valence electrons. The zero-order valence-corrected chi connectivity index (χ0v) is 10.1. The minimum absolute atomic E-state index is 0.0199. The highest BCUT2D eigenvalue weighted by Gasteiger charge is 2.52. The molecule has 0 bridgehead atoms. The van der Waals surface area contributed by atoms with Gasteiger partial charge in [-0.15, -0.1) is 0 Å². The molecule has 1 heterocycles. The van der Waals surface area contributed by atoms with Gasteiger partial charge in [-0.05, 0) is 31.6 Å². The summed E-state index contributed by atoms with van der Waals surface area (Å²) >= 11 is 4.94. The van der Waals surface area contributed by atoms with Crippen molar-refractivity contribution in [1.29, 1.82) is 0 Å². The van der Waals surface area contributed by atoms with Gasteiger partial charge in [-0.1, -0.05) is 12.2 Å². The molecule has 2 fully saturated rings. The summed E-state index contributed by atoms with van der Waals surface area (Å²) in [6, 6.07) is 0. The SMILES string of the molecule is NC(=S)C1(C(=O)NCC2CCOCC2)CC1. The summed E-state index contributed by atoms with van der Waals surface area (Å²) < 4.78 is 5.27. The molecule has 1 aliphatic carbocycles. The van der Waals surface area contributed by atoms with Gasteiger partial charge in [0.05, 0.1) is 10.4 Å². The van der Waals surface area contributed by atoms with Gasteiger partial charge in [0.25, 0.3) is 0 Å². The number of hydrogen-bond donors (Lipinski definition) is 2. The molecule has 0 aromatic carbocycles. The molecule has 1 aliphatic heterocycles. The number of rotatable bonds is 4. The minimum Gasteiger partial charge on any atom is -0.392 e. The summed E-state index contributed by atoms with van der Waals surface area (Å²) in [6.45, 7) is 2.34. The van der Waals surface area contributed by atoms with Crippen molar-refractivity contribution < 1.29 is 9.53 Å². The normalized spacial score (nSPS) is 23.8. The molecule has 4 nitrogen and oxygen atoms in total. The van der Waals surface area contributed by atoms with Crippen molar-refractivity contribution in [2.24, 2.45) is 17.1 Å². The third kappa shape index (κ3) is 2.35. The lowest BCUT2D eigenvalue weighted by Gasteiger charge is -2.23. The first-order valence-corrected chi connectivity index (χ1v) is 6.22. The molecule has 5 heteroatoms. The molecule has 0 aromatic rings. The Morgan fingerprint density at radius 2 is 2.06 bits per heavy atom. The fourth-order valence-electron chi connectivity index (χ4n) is 2.07. The van der Waals surface area contributed by atoms with E-state index in [1.807, 2.05) is 0 Å². The average molecular weight is 242 g/mol. The van der Waals surface area contributed by atoms with Crippen molar-refractivity contribution in [3.8, 4) is 0 Å². The van der Waals surface area contributed by atoms with E-state index in [9.17, 15) is 4.79 Å². The Balaban J connectivity index is 1.77. The predicted molar refractivity (Wildman–Crippen MR) is 65.0 cm³/mol. The van der Waals surface area contributed by atoms with Crippen molar-refractivity contribution in [2.45, 2.75) is 25.7 Å². The highest BCUT2D eigenvalue weighted by molar-refractivity contribution is 7.80. The summed E-state index contributed by atoms with van der Waals surface area (Å²) in [5, 5.41) is 2.97. The highest BCUT2D eigenvalue weighted by Crippen LogP contribution is 2.46. The van der Waals surface area contributed by atoms with E-state index < -0.39 is 5.41 Å². The quantitative estimate of drug-likeness (QED) is 0.708. The number of nitrogens with two attached hydrogens (primary N) is 1.